The standard InChI is InChI=1S/C14H17BrINO/c1-9(2)8-17(11-4-5-11)14(18)12-7-10(16)3-6-13(12)15/h3,6-7,9,11H,4-5,8H2,1-2H3. The molecule has 4 heteroatoms. The summed E-state index contributed by atoms with van der Waals surface area (Å²) in [6.45, 7) is 5.17. The highest BCUT2D eigenvalue weighted by atomic mass is 127. The molecule has 0 N–H and O–H groups in total. The van der Waals surface area contributed by atoms with Crippen LogP contribution in [0.15, 0.2) is 22.7 Å². The Morgan fingerprint density at radius 2 is 2.17 bits per heavy atom. The number of hydrogen-bond acceptors (Lipinski definition) is 1. The summed E-state index contributed by atoms with van der Waals surface area (Å²) in [4.78, 5) is 14.7. The Morgan fingerprint density at radius 1 is 1.50 bits per heavy atom. The number of rotatable bonds is 4. The van der Waals surface area contributed by atoms with Gasteiger partial charge in [0, 0.05) is 20.6 Å². The van der Waals surface area contributed by atoms with E-state index in [9.17, 15) is 4.79 Å². The predicted octanol–water partition coefficient (Wildman–Crippen LogP) is 4.31. The van der Waals surface area contributed by atoms with Crippen LogP contribution in [0.4, 0.5) is 0 Å². The average molecular weight is 422 g/mol. The first-order valence-electron chi connectivity index (χ1n) is 6.25. The van der Waals surface area contributed by atoms with Gasteiger partial charge in [0.25, 0.3) is 5.91 Å². The van der Waals surface area contributed by atoms with Gasteiger partial charge in [-0.25, -0.2) is 0 Å². The molecule has 0 bridgehead atoms. The summed E-state index contributed by atoms with van der Waals surface area (Å²) in [5, 5.41) is 0. The van der Waals surface area contributed by atoms with Crippen LogP contribution >= 0.6 is 38.5 Å². The molecule has 0 aliphatic heterocycles. The number of benzene rings is 1. The molecule has 1 fully saturated rings. The van der Waals surface area contributed by atoms with Crippen molar-refractivity contribution in [2.75, 3.05) is 6.54 Å². The van der Waals surface area contributed by atoms with Crippen LogP contribution in [0.5, 0.6) is 0 Å². The Bertz CT molecular complexity index is 457. The lowest BCUT2D eigenvalue weighted by Crippen LogP contribution is -2.36. The number of hydrogen-bond donors (Lipinski definition) is 0. The molecule has 2 rings (SSSR count). The van der Waals surface area contributed by atoms with Crippen molar-refractivity contribution in [3.63, 3.8) is 0 Å². The van der Waals surface area contributed by atoms with Crippen LogP contribution in [0, 0.1) is 9.49 Å². The molecule has 0 unspecified atom stereocenters. The van der Waals surface area contributed by atoms with Gasteiger partial charge in [-0.1, -0.05) is 13.8 Å². The Labute approximate surface area is 130 Å². The number of nitrogens with zero attached hydrogens (tertiary/aromatic N) is 1. The molecule has 2 nitrogen and oxygen atoms in total. The fourth-order valence-electron chi connectivity index (χ4n) is 1.99. The van der Waals surface area contributed by atoms with E-state index in [-0.39, 0.29) is 5.91 Å². The normalized spacial score (nSPS) is 14.9. The maximum atomic E-state index is 12.6. The largest absolute Gasteiger partial charge is 0.335 e. The van der Waals surface area contributed by atoms with Crippen LogP contribution in [0.3, 0.4) is 0 Å². The summed E-state index contributed by atoms with van der Waals surface area (Å²) < 4.78 is 1.99. The van der Waals surface area contributed by atoms with Gasteiger partial charge in [0.2, 0.25) is 0 Å². The Balaban J connectivity index is 2.24. The number of carbonyl (C=O) groups is 1. The third kappa shape index (κ3) is 3.47. The van der Waals surface area contributed by atoms with Crippen LogP contribution in [-0.2, 0) is 0 Å². The van der Waals surface area contributed by atoms with Crippen molar-refractivity contribution in [3.8, 4) is 0 Å². The second kappa shape index (κ2) is 5.90. The minimum atomic E-state index is 0.164. The zero-order chi connectivity index (χ0) is 13.3. The lowest BCUT2D eigenvalue weighted by Gasteiger charge is -2.25. The molecule has 98 valence electrons. The third-order valence-electron chi connectivity index (χ3n) is 2.97. The fourth-order valence-corrected chi connectivity index (χ4v) is 2.90. The maximum Gasteiger partial charge on any atom is 0.255 e. The van der Waals surface area contributed by atoms with E-state index in [1.807, 2.05) is 23.1 Å². The van der Waals surface area contributed by atoms with Crippen molar-refractivity contribution < 1.29 is 4.79 Å². The smallest absolute Gasteiger partial charge is 0.255 e. The molecule has 0 heterocycles. The summed E-state index contributed by atoms with van der Waals surface area (Å²) in [6.07, 6.45) is 2.31. The van der Waals surface area contributed by atoms with Crippen LogP contribution in [0.25, 0.3) is 0 Å². The van der Waals surface area contributed by atoms with Crippen molar-refractivity contribution in [2.45, 2.75) is 32.7 Å². The van der Waals surface area contributed by atoms with Crippen molar-refractivity contribution in [1.29, 1.82) is 0 Å². The Hall–Kier alpha value is -0.100. The lowest BCUT2D eigenvalue weighted by molar-refractivity contribution is 0.0721. The van der Waals surface area contributed by atoms with Gasteiger partial charge in [0.05, 0.1) is 5.56 Å². The topological polar surface area (TPSA) is 20.3 Å². The van der Waals surface area contributed by atoms with Gasteiger partial charge >= 0.3 is 0 Å². The molecule has 0 atom stereocenters. The maximum absolute atomic E-state index is 12.6. The molecule has 0 radical (unpaired) electrons. The molecule has 1 aromatic rings. The first-order valence-corrected chi connectivity index (χ1v) is 8.12. The first kappa shape index (κ1) is 14.3. The molecule has 0 spiro atoms. The van der Waals surface area contributed by atoms with Gasteiger partial charge in [-0.05, 0) is 75.5 Å². The van der Waals surface area contributed by atoms with Crippen molar-refractivity contribution in [3.05, 3.63) is 31.8 Å². The first-order chi connectivity index (χ1) is 8.49. The molecule has 1 saturated carbocycles. The highest BCUT2D eigenvalue weighted by Gasteiger charge is 2.33. The zero-order valence-electron chi connectivity index (χ0n) is 10.6. The van der Waals surface area contributed by atoms with Gasteiger partial charge < -0.3 is 4.90 Å². The van der Waals surface area contributed by atoms with Crippen LogP contribution in [0.1, 0.15) is 37.0 Å². The molecule has 1 aliphatic rings. The van der Waals surface area contributed by atoms with E-state index < -0.39 is 0 Å². The van der Waals surface area contributed by atoms with E-state index in [4.69, 9.17) is 0 Å². The number of amides is 1. The quantitative estimate of drug-likeness (QED) is 0.663. The Kier molecular flexibility index (Phi) is 4.69. The highest BCUT2D eigenvalue weighted by Crippen LogP contribution is 2.31. The minimum Gasteiger partial charge on any atom is -0.335 e. The summed E-state index contributed by atoms with van der Waals surface area (Å²) in [7, 11) is 0. The van der Waals surface area contributed by atoms with Gasteiger partial charge in [-0.2, -0.15) is 0 Å². The van der Waals surface area contributed by atoms with E-state index in [1.165, 1.54) is 0 Å². The van der Waals surface area contributed by atoms with E-state index >= 15 is 0 Å². The van der Waals surface area contributed by atoms with E-state index in [1.54, 1.807) is 0 Å². The van der Waals surface area contributed by atoms with Gasteiger partial charge in [-0.15, -0.1) is 0 Å². The Morgan fingerprint density at radius 3 is 2.72 bits per heavy atom. The number of halogens is 2. The summed E-state index contributed by atoms with van der Waals surface area (Å²) in [6, 6.07) is 6.38. The minimum absolute atomic E-state index is 0.164. The van der Waals surface area contributed by atoms with Crippen LogP contribution < -0.4 is 0 Å². The van der Waals surface area contributed by atoms with Gasteiger partial charge in [-0.3, -0.25) is 4.79 Å². The molecule has 0 aromatic heterocycles. The molecule has 1 aliphatic carbocycles. The highest BCUT2D eigenvalue weighted by molar-refractivity contribution is 14.1. The van der Waals surface area contributed by atoms with Crippen molar-refractivity contribution >= 4 is 44.4 Å². The predicted molar refractivity (Wildman–Crippen MR) is 85.8 cm³/mol. The summed E-state index contributed by atoms with van der Waals surface area (Å²) in [5.74, 6) is 0.674. The number of carbonyl (C=O) groups excluding carboxylic acids is 1. The third-order valence-corrected chi connectivity index (χ3v) is 4.33. The molecule has 18 heavy (non-hydrogen) atoms. The molecular formula is C14H17BrINO. The fraction of sp³-hybridized carbons (Fsp3) is 0.500. The second-order valence-corrected chi connectivity index (χ2v) is 7.31. The van der Waals surface area contributed by atoms with E-state index in [0.29, 0.717) is 12.0 Å². The molecular weight excluding hydrogens is 405 g/mol. The van der Waals surface area contributed by atoms with Crippen molar-refractivity contribution in [2.24, 2.45) is 5.92 Å². The SMILES string of the molecule is CC(C)CN(C(=O)c1cc(I)ccc1Br)C1CC1. The van der Waals surface area contributed by atoms with E-state index in [2.05, 4.69) is 52.4 Å². The zero-order valence-corrected chi connectivity index (χ0v) is 14.4. The second-order valence-electron chi connectivity index (χ2n) is 5.21. The molecule has 0 saturated heterocycles. The van der Waals surface area contributed by atoms with Crippen LogP contribution in [-0.4, -0.2) is 23.4 Å². The van der Waals surface area contributed by atoms with Gasteiger partial charge in [0.15, 0.2) is 0 Å². The van der Waals surface area contributed by atoms with Crippen molar-refractivity contribution in [1.82, 2.24) is 4.90 Å². The molecule has 1 aromatic carbocycles. The summed E-state index contributed by atoms with van der Waals surface area (Å²) >= 11 is 5.73. The van der Waals surface area contributed by atoms with Crippen LogP contribution in [0.2, 0.25) is 0 Å². The lowest BCUT2D eigenvalue weighted by atomic mass is 10.1. The van der Waals surface area contributed by atoms with E-state index in [0.717, 1.165) is 33.0 Å². The van der Waals surface area contributed by atoms with Gasteiger partial charge in [0.1, 0.15) is 0 Å². The summed E-state index contributed by atoms with van der Waals surface area (Å²) in [5.41, 5.74) is 0.787. The molecule has 1 amide bonds. The average Bonchev–Trinajstić information content (AvgIpc) is 3.12. The monoisotopic (exact) mass is 421 g/mol.